The first kappa shape index (κ1) is 17.5. The maximum absolute atomic E-state index is 12.8. The first-order chi connectivity index (χ1) is 11.0. The van der Waals surface area contributed by atoms with Crippen LogP contribution in [0.4, 0.5) is 4.39 Å². The minimum Gasteiger partial charge on any atom is -0.355 e. The number of halogens is 1. The van der Waals surface area contributed by atoms with Gasteiger partial charge in [-0.25, -0.2) is 4.39 Å². The van der Waals surface area contributed by atoms with Crippen LogP contribution in [0.25, 0.3) is 0 Å². The van der Waals surface area contributed by atoms with Crippen LogP contribution in [-0.4, -0.2) is 17.7 Å². The van der Waals surface area contributed by atoms with E-state index in [0.29, 0.717) is 13.0 Å². The monoisotopic (exact) mass is 331 g/mol. The Morgan fingerprint density at radius 1 is 1.13 bits per heavy atom. The van der Waals surface area contributed by atoms with Crippen molar-refractivity contribution in [3.05, 3.63) is 65.0 Å². The van der Waals surface area contributed by atoms with Gasteiger partial charge in [-0.15, -0.1) is 11.8 Å². The molecule has 0 aliphatic carbocycles. The first-order valence-electron chi connectivity index (χ1n) is 7.72. The van der Waals surface area contributed by atoms with E-state index in [2.05, 4.69) is 37.4 Å². The van der Waals surface area contributed by atoms with Gasteiger partial charge in [-0.05, 0) is 68.1 Å². The van der Waals surface area contributed by atoms with E-state index < -0.39 is 0 Å². The molecule has 0 aromatic heterocycles. The minimum atomic E-state index is -0.240. The predicted molar refractivity (Wildman–Crippen MR) is 94.3 cm³/mol. The SMILES string of the molecule is Cc1ccc(S[C@H](C)C(=O)NCCc2ccc(F)cc2)cc1C. The molecule has 0 saturated carbocycles. The Labute approximate surface area is 141 Å². The number of thioether (sulfide) groups is 1. The zero-order chi connectivity index (χ0) is 16.8. The molecule has 0 aliphatic rings. The van der Waals surface area contributed by atoms with Gasteiger partial charge in [-0.1, -0.05) is 18.2 Å². The van der Waals surface area contributed by atoms with Gasteiger partial charge in [-0.2, -0.15) is 0 Å². The molecule has 0 heterocycles. The van der Waals surface area contributed by atoms with Gasteiger partial charge in [-0.3, -0.25) is 4.79 Å². The summed E-state index contributed by atoms with van der Waals surface area (Å²) in [5.74, 6) is -0.216. The van der Waals surface area contributed by atoms with Crippen LogP contribution in [-0.2, 0) is 11.2 Å². The molecule has 1 amide bonds. The van der Waals surface area contributed by atoms with Gasteiger partial charge in [0.1, 0.15) is 5.82 Å². The summed E-state index contributed by atoms with van der Waals surface area (Å²) in [5, 5.41) is 2.79. The van der Waals surface area contributed by atoms with E-state index >= 15 is 0 Å². The Bertz CT molecular complexity index is 670. The Hall–Kier alpha value is -1.81. The minimum absolute atomic E-state index is 0.0235. The van der Waals surface area contributed by atoms with Crippen LogP contribution in [0.15, 0.2) is 47.4 Å². The fourth-order valence-corrected chi connectivity index (χ4v) is 3.16. The third kappa shape index (κ3) is 5.39. The van der Waals surface area contributed by atoms with Gasteiger partial charge in [0.2, 0.25) is 5.91 Å². The maximum atomic E-state index is 12.8. The van der Waals surface area contributed by atoms with Gasteiger partial charge in [0.15, 0.2) is 0 Å². The predicted octanol–water partition coefficient (Wildman–Crippen LogP) is 4.28. The zero-order valence-corrected chi connectivity index (χ0v) is 14.5. The normalized spacial score (nSPS) is 12.0. The number of hydrogen-bond donors (Lipinski definition) is 1. The third-order valence-corrected chi connectivity index (χ3v) is 4.88. The Kier molecular flexibility index (Phi) is 6.22. The summed E-state index contributed by atoms with van der Waals surface area (Å²) in [4.78, 5) is 13.3. The molecule has 0 saturated heterocycles. The quantitative estimate of drug-likeness (QED) is 0.801. The van der Waals surface area contributed by atoms with E-state index in [1.165, 1.54) is 23.3 Å². The lowest BCUT2D eigenvalue weighted by Gasteiger charge is -2.13. The summed E-state index contributed by atoms with van der Waals surface area (Å²) in [6, 6.07) is 12.6. The Morgan fingerprint density at radius 2 is 1.83 bits per heavy atom. The summed E-state index contributed by atoms with van der Waals surface area (Å²) in [6.45, 7) is 6.62. The molecule has 0 radical (unpaired) electrons. The largest absolute Gasteiger partial charge is 0.355 e. The number of nitrogens with one attached hydrogen (secondary N) is 1. The van der Waals surface area contributed by atoms with Crippen LogP contribution in [0.1, 0.15) is 23.6 Å². The Balaban J connectivity index is 1.80. The van der Waals surface area contributed by atoms with Gasteiger partial charge < -0.3 is 5.32 Å². The van der Waals surface area contributed by atoms with E-state index in [0.717, 1.165) is 10.5 Å². The highest BCUT2D eigenvalue weighted by molar-refractivity contribution is 8.00. The lowest BCUT2D eigenvalue weighted by Crippen LogP contribution is -2.32. The molecule has 122 valence electrons. The van der Waals surface area contributed by atoms with Crippen LogP contribution in [0.2, 0.25) is 0 Å². The van der Waals surface area contributed by atoms with E-state index in [1.54, 1.807) is 23.9 Å². The molecule has 0 spiro atoms. The molecule has 0 fully saturated rings. The van der Waals surface area contributed by atoms with Gasteiger partial charge in [0.05, 0.1) is 5.25 Å². The van der Waals surface area contributed by atoms with E-state index in [4.69, 9.17) is 0 Å². The van der Waals surface area contributed by atoms with Crippen molar-refractivity contribution < 1.29 is 9.18 Å². The van der Waals surface area contributed by atoms with Crippen LogP contribution < -0.4 is 5.32 Å². The standard InChI is InChI=1S/C19H22FNOS/c1-13-4-9-18(12-14(13)2)23-15(3)19(22)21-11-10-16-5-7-17(20)8-6-16/h4-9,12,15H,10-11H2,1-3H3,(H,21,22)/t15-/m1/s1. The number of carbonyl (C=O) groups excluding carboxylic acids is 1. The molecule has 23 heavy (non-hydrogen) atoms. The Morgan fingerprint density at radius 3 is 2.48 bits per heavy atom. The average Bonchev–Trinajstić information content (AvgIpc) is 2.52. The van der Waals surface area contributed by atoms with Crippen molar-refractivity contribution >= 4 is 17.7 Å². The van der Waals surface area contributed by atoms with Crippen molar-refractivity contribution in [2.24, 2.45) is 0 Å². The summed E-state index contributed by atoms with van der Waals surface area (Å²) in [7, 11) is 0. The van der Waals surface area contributed by atoms with Crippen LogP contribution >= 0.6 is 11.8 Å². The number of hydrogen-bond acceptors (Lipinski definition) is 2. The van der Waals surface area contributed by atoms with Crippen LogP contribution in [0, 0.1) is 19.7 Å². The first-order valence-corrected chi connectivity index (χ1v) is 8.60. The molecule has 2 aromatic rings. The summed E-state index contributed by atoms with van der Waals surface area (Å²) < 4.78 is 12.8. The summed E-state index contributed by atoms with van der Waals surface area (Å²) in [5.41, 5.74) is 3.51. The van der Waals surface area contributed by atoms with Crippen LogP contribution in [0.5, 0.6) is 0 Å². The van der Waals surface area contributed by atoms with Crippen molar-refractivity contribution in [2.75, 3.05) is 6.54 Å². The van der Waals surface area contributed by atoms with Gasteiger partial charge in [0, 0.05) is 11.4 Å². The highest BCUT2D eigenvalue weighted by atomic mass is 32.2. The van der Waals surface area contributed by atoms with Crippen molar-refractivity contribution in [1.82, 2.24) is 5.32 Å². The molecule has 0 aliphatic heterocycles. The van der Waals surface area contributed by atoms with Crippen molar-refractivity contribution in [3.63, 3.8) is 0 Å². The van der Waals surface area contributed by atoms with E-state index in [-0.39, 0.29) is 17.0 Å². The molecule has 0 unspecified atom stereocenters. The lowest BCUT2D eigenvalue weighted by molar-refractivity contribution is -0.120. The third-order valence-electron chi connectivity index (χ3n) is 3.79. The van der Waals surface area contributed by atoms with Crippen molar-refractivity contribution in [2.45, 2.75) is 37.3 Å². The van der Waals surface area contributed by atoms with Gasteiger partial charge in [0.25, 0.3) is 0 Å². The highest BCUT2D eigenvalue weighted by Gasteiger charge is 2.14. The maximum Gasteiger partial charge on any atom is 0.233 e. The second-order valence-corrected chi connectivity index (χ2v) is 7.09. The molecular formula is C19H22FNOS. The summed E-state index contributed by atoms with van der Waals surface area (Å²) in [6.07, 6.45) is 0.701. The zero-order valence-electron chi connectivity index (χ0n) is 13.7. The number of carbonyl (C=O) groups is 1. The van der Waals surface area contributed by atoms with Crippen molar-refractivity contribution in [1.29, 1.82) is 0 Å². The van der Waals surface area contributed by atoms with Gasteiger partial charge >= 0.3 is 0 Å². The molecule has 4 heteroatoms. The fraction of sp³-hybridized carbons (Fsp3) is 0.316. The van der Waals surface area contributed by atoms with Crippen LogP contribution in [0.3, 0.4) is 0 Å². The molecular weight excluding hydrogens is 309 g/mol. The fourth-order valence-electron chi connectivity index (χ4n) is 2.17. The number of rotatable bonds is 6. The lowest BCUT2D eigenvalue weighted by atomic mass is 10.1. The number of aryl methyl sites for hydroxylation is 2. The molecule has 2 aromatic carbocycles. The topological polar surface area (TPSA) is 29.1 Å². The molecule has 1 atom stereocenters. The summed E-state index contributed by atoms with van der Waals surface area (Å²) >= 11 is 1.56. The molecule has 2 nitrogen and oxygen atoms in total. The second-order valence-electron chi connectivity index (χ2n) is 5.67. The van der Waals surface area contributed by atoms with Crippen molar-refractivity contribution in [3.8, 4) is 0 Å². The average molecular weight is 331 g/mol. The van der Waals surface area contributed by atoms with E-state index in [1.807, 2.05) is 6.92 Å². The number of amides is 1. The smallest absolute Gasteiger partial charge is 0.233 e. The van der Waals surface area contributed by atoms with E-state index in [9.17, 15) is 9.18 Å². The molecule has 2 rings (SSSR count). The molecule has 1 N–H and O–H groups in total. The second kappa shape index (κ2) is 8.16. The highest BCUT2D eigenvalue weighted by Crippen LogP contribution is 2.25. The molecule has 0 bridgehead atoms. The number of benzene rings is 2.